The third kappa shape index (κ3) is 5.66. The van der Waals surface area contributed by atoms with Gasteiger partial charge in [-0.3, -0.25) is 9.47 Å². The smallest absolute Gasteiger partial charge is 0.266 e. The van der Waals surface area contributed by atoms with Crippen molar-refractivity contribution in [3.8, 4) is 29.2 Å². The molecule has 11 nitrogen and oxygen atoms in total. The summed E-state index contributed by atoms with van der Waals surface area (Å²) in [4.78, 5) is 23.5. The molecule has 0 spiro atoms. The van der Waals surface area contributed by atoms with Crippen molar-refractivity contribution in [1.82, 2.24) is 34.4 Å². The van der Waals surface area contributed by atoms with Gasteiger partial charge in [-0.25, -0.2) is 33.7 Å². The summed E-state index contributed by atoms with van der Waals surface area (Å²) < 4.78 is 29.0. The van der Waals surface area contributed by atoms with Crippen LogP contribution in [0.5, 0.6) is 0 Å². The number of nitriles is 2. The van der Waals surface area contributed by atoms with E-state index in [0.29, 0.717) is 22.9 Å². The van der Waals surface area contributed by atoms with E-state index in [1.165, 1.54) is 6.07 Å². The second kappa shape index (κ2) is 11.8. The van der Waals surface area contributed by atoms with Gasteiger partial charge in [0.2, 0.25) is 5.82 Å². The fraction of sp³-hybridized carbons (Fsp3) is 0.233. The Bertz CT molecular complexity index is 1860. The Morgan fingerprint density at radius 3 is 2.47 bits per heavy atom. The zero-order valence-corrected chi connectivity index (χ0v) is 22.8. The Kier molecular flexibility index (Phi) is 7.56. The van der Waals surface area contributed by atoms with Gasteiger partial charge in [-0.1, -0.05) is 12.1 Å². The number of hydrogen-bond donors (Lipinski definition) is 2. The highest BCUT2D eigenvalue weighted by atomic mass is 19.3. The summed E-state index contributed by atoms with van der Waals surface area (Å²) in [6.45, 7) is 2.53. The number of anilines is 2. The third-order valence-corrected chi connectivity index (χ3v) is 7.38. The molecule has 4 aromatic heterocycles. The summed E-state index contributed by atoms with van der Waals surface area (Å²) in [5.74, 6) is 1.41. The van der Waals surface area contributed by atoms with Crippen LogP contribution in [-0.2, 0) is 6.54 Å². The number of imidazole rings is 1. The van der Waals surface area contributed by atoms with Gasteiger partial charge in [0.25, 0.3) is 6.43 Å². The number of rotatable bonds is 7. The number of pyridine rings is 2. The van der Waals surface area contributed by atoms with E-state index in [0.717, 1.165) is 38.0 Å². The maximum atomic E-state index is 13.7. The predicted octanol–water partition coefficient (Wildman–Crippen LogP) is 4.61. The number of nitrogens with two attached hydrogens (primary N) is 1. The van der Waals surface area contributed by atoms with Gasteiger partial charge < -0.3 is 11.1 Å². The highest BCUT2D eigenvalue weighted by Gasteiger charge is 2.23. The second-order valence-corrected chi connectivity index (χ2v) is 10.1. The average molecular weight is 578 g/mol. The van der Waals surface area contributed by atoms with Crippen LogP contribution >= 0.6 is 0 Å². The van der Waals surface area contributed by atoms with E-state index in [2.05, 4.69) is 35.1 Å². The van der Waals surface area contributed by atoms with E-state index < -0.39 is 12.0 Å². The van der Waals surface area contributed by atoms with Crippen LogP contribution in [-0.4, -0.2) is 53.5 Å². The van der Waals surface area contributed by atoms with E-state index in [9.17, 15) is 14.0 Å². The van der Waals surface area contributed by atoms with Crippen molar-refractivity contribution >= 4 is 22.8 Å². The quantitative estimate of drug-likeness (QED) is 0.280. The lowest BCUT2D eigenvalue weighted by Gasteiger charge is -2.32. The molecule has 0 atom stereocenters. The second-order valence-electron chi connectivity index (χ2n) is 10.1. The number of nitrogen functional groups attached to an aromatic ring is 1. The first-order valence-corrected chi connectivity index (χ1v) is 13.6. The zero-order chi connectivity index (χ0) is 29.9. The SMILES string of the molecule is N#Cc1nccc(NC2CCN(Cc3ccc(-n4c(-c5cccnc5N)nc5cc(C(F)F)c(C#N)nc54)cc3)CC2)n1. The molecular weight excluding hydrogens is 552 g/mol. The molecule has 3 N–H and O–H groups in total. The van der Waals surface area contributed by atoms with Crippen molar-refractivity contribution in [1.29, 1.82) is 10.5 Å². The van der Waals surface area contributed by atoms with E-state index >= 15 is 0 Å². The maximum absolute atomic E-state index is 13.7. The summed E-state index contributed by atoms with van der Waals surface area (Å²) in [6.07, 6.45) is 2.11. The number of benzene rings is 1. The van der Waals surface area contributed by atoms with Crippen molar-refractivity contribution < 1.29 is 8.78 Å². The summed E-state index contributed by atoms with van der Waals surface area (Å²) in [6, 6.07) is 18.3. The van der Waals surface area contributed by atoms with Gasteiger partial charge in [0, 0.05) is 43.8 Å². The summed E-state index contributed by atoms with van der Waals surface area (Å²) in [7, 11) is 0. The summed E-state index contributed by atoms with van der Waals surface area (Å²) in [5.41, 5.74) is 8.14. The van der Waals surface area contributed by atoms with Gasteiger partial charge in [0.05, 0.1) is 11.1 Å². The van der Waals surface area contributed by atoms with Crippen LogP contribution in [0.1, 0.15) is 41.9 Å². The Labute approximate surface area is 245 Å². The molecule has 214 valence electrons. The lowest BCUT2D eigenvalue weighted by molar-refractivity contribution is 0.151. The van der Waals surface area contributed by atoms with Gasteiger partial charge in [-0.05, 0) is 54.8 Å². The number of fused-ring (bicyclic) bond motifs is 1. The van der Waals surface area contributed by atoms with E-state index in [-0.39, 0.29) is 34.5 Å². The average Bonchev–Trinajstić information content (AvgIpc) is 3.40. The molecule has 0 amide bonds. The Morgan fingerprint density at radius 2 is 1.77 bits per heavy atom. The summed E-state index contributed by atoms with van der Waals surface area (Å²) in [5, 5.41) is 22.0. The Hall–Kier alpha value is -5.53. The molecule has 6 rings (SSSR count). The minimum atomic E-state index is -2.87. The molecule has 0 saturated carbocycles. The molecule has 0 aliphatic carbocycles. The predicted molar refractivity (Wildman–Crippen MR) is 155 cm³/mol. The Morgan fingerprint density at radius 1 is 0.977 bits per heavy atom. The number of alkyl halides is 2. The number of halogens is 2. The number of nitrogens with zero attached hydrogens (tertiary/aromatic N) is 9. The molecule has 1 fully saturated rings. The van der Waals surface area contributed by atoms with Crippen LogP contribution in [0.2, 0.25) is 0 Å². The number of hydrogen-bond acceptors (Lipinski definition) is 10. The zero-order valence-electron chi connectivity index (χ0n) is 22.8. The molecule has 1 saturated heterocycles. The van der Waals surface area contributed by atoms with Crippen molar-refractivity contribution in [2.24, 2.45) is 0 Å². The minimum absolute atomic E-state index is 0.143. The molecular formula is C30H25F2N11. The maximum Gasteiger partial charge on any atom is 0.266 e. The van der Waals surface area contributed by atoms with Crippen LogP contribution in [0.25, 0.3) is 28.2 Å². The minimum Gasteiger partial charge on any atom is -0.383 e. The number of aromatic nitrogens is 6. The third-order valence-electron chi connectivity index (χ3n) is 7.38. The van der Waals surface area contributed by atoms with Crippen LogP contribution in [0, 0.1) is 22.7 Å². The van der Waals surface area contributed by atoms with Crippen molar-refractivity contribution in [2.75, 3.05) is 24.1 Å². The van der Waals surface area contributed by atoms with Crippen molar-refractivity contribution in [2.45, 2.75) is 31.9 Å². The van der Waals surface area contributed by atoms with Crippen LogP contribution in [0.4, 0.5) is 20.4 Å². The molecule has 43 heavy (non-hydrogen) atoms. The van der Waals surface area contributed by atoms with Gasteiger partial charge >= 0.3 is 0 Å². The molecule has 5 heterocycles. The number of piperidine rings is 1. The van der Waals surface area contributed by atoms with E-state index in [4.69, 9.17) is 11.0 Å². The Balaban J connectivity index is 1.23. The summed E-state index contributed by atoms with van der Waals surface area (Å²) >= 11 is 0. The molecule has 1 aromatic carbocycles. The molecule has 1 aliphatic heterocycles. The van der Waals surface area contributed by atoms with E-state index in [1.54, 1.807) is 41.2 Å². The highest BCUT2D eigenvalue weighted by molar-refractivity contribution is 5.83. The van der Waals surface area contributed by atoms with E-state index in [1.807, 2.05) is 30.3 Å². The molecule has 0 radical (unpaired) electrons. The normalized spacial score (nSPS) is 14.1. The first-order chi connectivity index (χ1) is 20.9. The molecule has 1 aliphatic rings. The van der Waals surface area contributed by atoms with Crippen molar-refractivity contribution in [3.63, 3.8) is 0 Å². The number of nitrogens with one attached hydrogen (secondary N) is 1. The first kappa shape index (κ1) is 27.6. The first-order valence-electron chi connectivity index (χ1n) is 13.6. The molecule has 13 heteroatoms. The standard InChI is InChI=1S/C30H25F2N11/c31-27(32)22-14-23-30(40-24(22)15-33)43(29(39-23)21-2-1-10-37-28(21)35)20-5-3-18(4-6-20)17-42-12-8-19(9-13-42)38-25-7-11-36-26(16-34)41-25/h1-7,10-11,14,19,27H,8-9,12-13,17H2,(H2,35,37)(H,36,38,41). The van der Waals surface area contributed by atoms with Crippen LogP contribution in [0.3, 0.4) is 0 Å². The highest BCUT2D eigenvalue weighted by Crippen LogP contribution is 2.33. The fourth-order valence-electron chi connectivity index (χ4n) is 5.25. The fourth-order valence-corrected chi connectivity index (χ4v) is 5.25. The molecule has 0 bridgehead atoms. The van der Waals surface area contributed by atoms with Crippen LogP contribution < -0.4 is 11.1 Å². The van der Waals surface area contributed by atoms with Crippen LogP contribution in [0.15, 0.2) is 60.9 Å². The van der Waals surface area contributed by atoms with Gasteiger partial charge in [0.1, 0.15) is 29.3 Å². The molecule has 5 aromatic rings. The van der Waals surface area contributed by atoms with Gasteiger partial charge in [0.15, 0.2) is 17.2 Å². The van der Waals surface area contributed by atoms with Gasteiger partial charge in [-0.15, -0.1) is 0 Å². The lowest BCUT2D eigenvalue weighted by atomic mass is 10.0. The largest absolute Gasteiger partial charge is 0.383 e. The lowest BCUT2D eigenvalue weighted by Crippen LogP contribution is -2.38. The monoisotopic (exact) mass is 577 g/mol. The van der Waals surface area contributed by atoms with Gasteiger partial charge in [-0.2, -0.15) is 10.5 Å². The molecule has 0 unspecified atom stereocenters. The topological polar surface area (TPSA) is 158 Å². The number of likely N-dealkylation sites (tertiary alicyclic amines) is 1. The van der Waals surface area contributed by atoms with Crippen molar-refractivity contribution in [3.05, 3.63) is 83.6 Å².